The van der Waals surface area contributed by atoms with Crippen LogP contribution in [0.3, 0.4) is 0 Å². The Hall–Kier alpha value is -1.80. The molecule has 2 amide bonds. The fraction of sp³-hybridized carbons (Fsp3) is 0.733. The number of ether oxygens (including phenoxy) is 2. The van der Waals surface area contributed by atoms with Gasteiger partial charge in [0.25, 0.3) is 0 Å². The average molecular weight is 328 g/mol. The molecule has 0 spiro atoms. The van der Waals surface area contributed by atoms with Gasteiger partial charge >= 0.3 is 12.4 Å². The molecule has 1 rings (SSSR count). The molecule has 1 saturated heterocycles. The number of esters is 1. The van der Waals surface area contributed by atoms with Crippen LogP contribution in [0.2, 0.25) is 0 Å². The molecule has 1 aliphatic rings. The first-order valence-electron chi connectivity index (χ1n) is 7.49. The first-order chi connectivity index (χ1) is 10.6. The standard InChI is InChI=1S/C15H24N2O6/c1-9(13(16)17-11(19)5-6-12(17)20)7-10(14(21)22-8-18)23-15(2,3)4/h8-10,13H,5-7,16H2,1-4H3. The van der Waals surface area contributed by atoms with E-state index in [9.17, 15) is 19.2 Å². The summed E-state index contributed by atoms with van der Waals surface area (Å²) in [6.45, 7) is 7.02. The number of nitrogens with two attached hydrogens (primary N) is 1. The van der Waals surface area contributed by atoms with Crippen molar-refractivity contribution in [3.8, 4) is 0 Å². The van der Waals surface area contributed by atoms with E-state index >= 15 is 0 Å². The Bertz CT molecular complexity index is 469. The molecule has 0 saturated carbocycles. The Balaban J connectivity index is 2.80. The molecular weight excluding hydrogens is 304 g/mol. The van der Waals surface area contributed by atoms with Gasteiger partial charge in [0.05, 0.1) is 11.8 Å². The summed E-state index contributed by atoms with van der Waals surface area (Å²) in [6.07, 6.45) is -1.47. The van der Waals surface area contributed by atoms with E-state index in [0.29, 0.717) is 0 Å². The zero-order valence-corrected chi connectivity index (χ0v) is 13.9. The van der Waals surface area contributed by atoms with Gasteiger partial charge in [-0.1, -0.05) is 6.92 Å². The third-order valence-electron chi connectivity index (χ3n) is 3.48. The molecule has 1 aliphatic heterocycles. The molecule has 3 unspecified atom stereocenters. The summed E-state index contributed by atoms with van der Waals surface area (Å²) >= 11 is 0. The predicted molar refractivity (Wildman–Crippen MR) is 79.6 cm³/mol. The maximum absolute atomic E-state index is 11.9. The molecule has 0 aliphatic carbocycles. The summed E-state index contributed by atoms with van der Waals surface area (Å²) in [5.74, 6) is -1.88. The summed E-state index contributed by atoms with van der Waals surface area (Å²) in [5, 5.41) is 0. The van der Waals surface area contributed by atoms with Gasteiger partial charge in [0, 0.05) is 12.8 Å². The molecule has 0 aromatic heterocycles. The number of nitrogens with zero attached hydrogens (tertiary/aromatic N) is 1. The molecule has 1 fully saturated rings. The monoisotopic (exact) mass is 328 g/mol. The van der Waals surface area contributed by atoms with Crippen molar-refractivity contribution in [2.75, 3.05) is 0 Å². The number of amides is 2. The Kier molecular flexibility index (Phi) is 6.40. The number of imide groups is 1. The van der Waals surface area contributed by atoms with Crippen LogP contribution in [0.4, 0.5) is 0 Å². The molecule has 0 bridgehead atoms. The lowest BCUT2D eigenvalue weighted by atomic mass is 9.99. The third kappa shape index (κ3) is 5.40. The topological polar surface area (TPSA) is 116 Å². The van der Waals surface area contributed by atoms with Gasteiger partial charge in [-0.05, 0) is 33.1 Å². The summed E-state index contributed by atoms with van der Waals surface area (Å²) < 4.78 is 9.98. The second-order valence-electron chi connectivity index (χ2n) is 6.61. The molecular formula is C15H24N2O6. The lowest BCUT2D eigenvalue weighted by molar-refractivity contribution is -0.170. The van der Waals surface area contributed by atoms with Crippen molar-refractivity contribution in [3.63, 3.8) is 0 Å². The van der Waals surface area contributed by atoms with Crippen molar-refractivity contribution < 1.29 is 28.7 Å². The molecule has 0 aromatic rings. The first kappa shape index (κ1) is 19.2. The predicted octanol–water partition coefficient (Wildman–Crippen LogP) is 0.330. The molecule has 1 heterocycles. The van der Waals surface area contributed by atoms with Crippen molar-refractivity contribution in [1.29, 1.82) is 0 Å². The molecule has 0 radical (unpaired) electrons. The molecule has 3 atom stereocenters. The highest BCUT2D eigenvalue weighted by atomic mass is 16.6. The normalized spacial score (nSPS) is 19.4. The van der Waals surface area contributed by atoms with Gasteiger partial charge in [0.15, 0.2) is 6.10 Å². The number of carbonyl (C=O) groups is 4. The van der Waals surface area contributed by atoms with Crippen LogP contribution < -0.4 is 5.73 Å². The summed E-state index contributed by atoms with van der Waals surface area (Å²) in [6, 6.07) is 0. The van der Waals surface area contributed by atoms with Crippen LogP contribution in [0.1, 0.15) is 47.0 Å². The fourth-order valence-corrected chi connectivity index (χ4v) is 2.40. The van der Waals surface area contributed by atoms with Gasteiger partial charge in [0.2, 0.25) is 11.8 Å². The molecule has 2 N–H and O–H groups in total. The van der Waals surface area contributed by atoms with Gasteiger partial charge < -0.3 is 15.2 Å². The van der Waals surface area contributed by atoms with Crippen molar-refractivity contribution >= 4 is 24.3 Å². The van der Waals surface area contributed by atoms with Crippen LogP contribution >= 0.6 is 0 Å². The Morgan fingerprint density at radius 1 is 1.30 bits per heavy atom. The van der Waals surface area contributed by atoms with Gasteiger partial charge in [-0.25, -0.2) is 4.79 Å². The van der Waals surface area contributed by atoms with E-state index in [-0.39, 0.29) is 37.5 Å². The average Bonchev–Trinajstić information content (AvgIpc) is 2.75. The van der Waals surface area contributed by atoms with Gasteiger partial charge in [0.1, 0.15) is 0 Å². The Morgan fingerprint density at radius 3 is 2.26 bits per heavy atom. The van der Waals surface area contributed by atoms with Gasteiger partial charge in [-0.3, -0.25) is 19.3 Å². The van der Waals surface area contributed by atoms with Crippen molar-refractivity contribution in [2.24, 2.45) is 11.7 Å². The largest absolute Gasteiger partial charge is 0.394 e. The quantitative estimate of drug-likeness (QED) is 0.310. The fourth-order valence-electron chi connectivity index (χ4n) is 2.40. The van der Waals surface area contributed by atoms with Crippen LogP contribution in [-0.4, -0.2) is 47.0 Å². The van der Waals surface area contributed by atoms with E-state index in [1.165, 1.54) is 0 Å². The molecule has 130 valence electrons. The van der Waals surface area contributed by atoms with E-state index in [2.05, 4.69) is 4.74 Å². The highest BCUT2D eigenvalue weighted by Gasteiger charge is 2.38. The Labute approximate surface area is 135 Å². The van der Waals surface area contributed by atoms with Gasteiger partial charge in [-0.2, -0.15) is 0 Å². The van der Waals surface area contributed by atoms with E-state index < -0.39 is 29.8 Å². The summed E-state index contributed by atoms with van der Waals surface area (Å²) in [4.78, 5) is 46.7. The third-order valence-corrected chi connectivity index (χ3v) is 3.48. The Morgan fingerprint density at radius 2 is 1.83 bits per heavy atom. The first-order valence-corrected chi connectivity index (χ1v) is 7.49. The maximum atomic E-state index is 11.9. The van der Waals surface area contributed by atoms with E-state index in [4.69, 9.17) is 10.5 Å². The molecule has 23 heavy (non-hydrogen) atoms. The minimum Gasteiger partial charge on any atom is -0.394 e. The van der Waals surface area contributed by atoms with Crippen molar-refractivity contribution in [3.05, 3.63) is 0 Å². The SMILES string of the molecule is CC(CC(OC(C)(C)C)C(=O)OC=O)C(N)N1C(=O)CCC1=O. The second kappa shape index (κ2) is 7.65. The molecule has 8 heteroatoms. The van der Waals surface area contributed by atoms with Crippen molar-refractivity contribution in [1.82, 2.24) is 4.90 Å². The van der Waals surface area contributed by atoms with E-state index in [1.54, 1.807) is 27.7 Å². The van der Waals surface area contributed by atoms with Crippen molar-refractivity contribution in [2.45, 2.75) is 64.8 Å². The minimum absolute atomic E-state index is 0.0411. The maximum Gasteiger partial charge on any atom is 0.342 e. The number of rotatable bonds is 7. The van der Waals surface area contributed by atoms with Crippen LogP contribution in [0, 0.1) is 5.92 Å². The van der Waals surface area contributed by atoms with E-state index in [1.807, 2.05) is 0 Å². The lowest BCUT2D eigenvalue weighted by Crippen LogP contribution is -2.50. The van der Waals surface area contributed by atoms with E-state index in [0.717, 1.165) is 4.90 Å². The van der Waals surface area contributed by atoms with Crippen LogP contribution in [0.15, 0.2) is 0 Å². The number of likely N-dealkylation sites (tertiary alicyclic amines) is 1. The molecule has 0 aromatic carbocycles. The van der Waals surface area contributed by atoms with Crippen LogP contribution in [-0.2, 0) is 28.7 Å². The minimum atomic E-state index is -1.02. The number of hydrogen-bond acceptors (Lipinski definition) is 7. The zero-order chi connectivity index (χ0) is 17.8. The highest BCUT2D eigenvalue weighted by Crippen LogP contribution is 2.23. The van der Waals surface area contributed by atoms with Crippen LogP contribution in [0.5, 0.6) is 0 Å². The second-order valence-corrected chi connectivity index (χ2v) is 6.61. The van der Waals surface area contributed by atoms with Gasteiger partial charge in [-0.15, -0.1) is 0 Å². The zero-order valence-electron chi connectivity index (χ0n) is 13.9. The van der Waals surface area contributed by atoms with Crippen LogP contribution in [0.25, 0.3) is 0 Å². The molecule has 8 nitrogen and oxygen atoms in total. The smallest absolute Gasteiger partial charge is 0.342 e. The lowest BCUT2D eigenvalue weighted by Gasteiger charge is -2.32. The summed E-state index contributed by atoms with van der Waals surface area (Å²) in [7, 11) is 0. The summed E-state index contributed by atoms with van der Waals surface area (Å²) in [5.41, 5.74) is 5.35. The highest BCUT2D eigenvalue weighted by molar-refractivity contribution is 6.02. The number of hydrogen-bond donors (Lipinski definition) is 1. The number of carbonyl (C=O) groups excluding carboxylic acids is 4.